The third kappa shape index (κ3) is 1.98. The standard InChI is InChI=1S/C20H25NO4/c1-18(2)14-6-8-20(17(23)24-4)7-5-13(22)9-15(20)19(14,3)10-12-11-21-25-16(12)18/h9,11,14H,5-8,10H2,1-4H3/t14-,19-,20-/m0/s1. The average Bonchev–Trinajstić information content (AvgIpc) is 3.03. The second-order valence-electron chi connectivity index (χ2n) is 8.69. The maximum Gasteiger partial charge on any atom is 0.315 e. The van der Waals surface area contributed by atoms with E-state index in [1.165, 1.54) is 7.11 Å². The van der Waals surface area contributed by atoms with E-state index < -0.39 is 5.41 Å². The van der Waals surface area contributed by atoms with Crippen molar-refractivity contribution in [1.82, 2.24) is 5.16 Å². The fraction of sp³-hybridized carbons (Fsp3) is 0.650. The number of rotatable bonds is 1. The number of methoxy groups -OCH3 is 1. The van der Waals surface area contributed by atoms with E-state index >= 15 is 0 Å². The van der Waals surface area contributed by atoms with E-state index in [0.29, 0.717) is 12.8 Å². The molecule has 1 aromatic rings. The first kappa shape index (κ1) is 16.6. The molecule has 1 fully saturated rings. The van der Waals surface area contributed by atoms with Crippen LogP contribution in [0.4, 0.5) is 0 Å². The Balaban J connectivity index is 1.92. The van der Waals surface area contributed by atoms with Gasteiger partial charge in [0, 0.05) is 17.4 Å². The molecule has 5 nitrogen and oxygen atoms in total. The molecule has 134 valence electrons. The highest BCUT2D eigenvalue weighted by Gasteiger charge is 2.62. The van der Waals surface area contributed by atoms with Gasteiger partial charge in [-0.15, -0.1) is 0 Å². The van der Waals surface area contributed by atoms with Crippen molar-refractivity contribution < 1.29 is 18.8 Å². The van der Waals surface area contributed by atoms with Gasteiger partial charge in [0.25, 0.3) is 0 Å². The van der Waals surface area contributed by atoms with Crippen molar-refractivity contribution in [1.29, 1.82) is 0 Å². The first-order chi connectivity index (χ1) is 11.8. The lowest BCUT2D eigenvalue weighted by Gasteiger charge is -2.58. The van der Waals surface area contributed by atoms with Crippen molar-refractivity contribution in [2.24, 2.45) is 16.7 Å². The molecular weight excluding hydrogens is 318 g/mol. The smallest absolute Gasteiger partial charge is 0.315 e. The molecule has 0 saturated heterocycles. The van der Waals surface area contributed by atoms with Crippen molar-refractivity contribution in [3.63, 3.8) is 0 Å². The van der Waals surface area contributed by atoms with Gasteiger partial charge in [-0.3, -0.25) is 9.59 Å². The largest absolute Gasteiger partial charge is 0.468 e. The van der Waals surface area contributed by atoms with Crippen molar-refractivity contribution in [3.8, 4) is 0 Å². The van der Waals surface area contributed by atoms with Gasteiger partial charge in [0.2, 0.25) is 0 Å². The summed E-state index contributed by atoms with van der Waals surface area (Å²) in [4.78, 5) is 25.1. The molecule has 1 aromatic heterocycles. The summed E-state index contributed by atoms with van der Waals surface area (Å²) in [5.41, 5.74) is 0.939. The maximum absolute atomic E-state index is 12.8. The summed E-state index contributed by atoms with van der Waals surface area (Å²) in [6.45, 7) is 6.58. The van der Waals surface area contributed by atoms with Crippen LogP contribution in [0.25, 0.3) is 0 Å². The number of aromatic nitrogens is 1. The number of fused-ring (bicyclic) bond motifs is 4. The number of esters is 1. The lowest BCUT2D eigenvalue weighted by Crippen LogP contribution is -2.56. The number of nitrogens with zero attached hydrogens (tertiary/aromatic N) is 1. The lowest BCUT2D eigenvalue weighted by atomic mass is 9.44. The van der Waals surface area contributed by atoms with Gasteiger partial charge in [0.15, 0.2) is 5.78 Å². The zero-order valence-electron chi connectivity index (χ0n) is 15.3. The van der Waals surface area contributed by atoms with Gasteiger partial charge in [-0.2, -0.15) is 0 Å². The molecule has 0 unspecified atom stereocenters. The Morgan fingerprint density at radius 3 is 2.80 bits per heavy atom. The fourth-order valence-corrected chi connectivity index (χ4v) is 6.07. The third-order valence-electron chi connectivity index (χ3n) is 7.10. The molecule has 25 heavy (non-hydrogen) atoms. The Kier molecular flexibility index (Phi) is 3.35. The van der Waals surface area contributed by atoms with Crippen LogP contribution < -0.4 is 0 Å². The third-order valence-corrected chi connectivity index (χ3v) is 7.10. The molecule has 0 N–H and O–H groups in total. The van der Waals surface area contributed by atoms with E-state index in [2.05, 4.69) is 25.9 Å². The van der Waals surface area contributed by atoms with E-state index in [4.69, 9.17) is 9.26 Å². The van der Waals surface area contributed by atoms with E-state index in [9.17, 15) is 9.59 Å². The second-order valence-corrected chi connectivity index (χ2v) is 8.69. The molecule has 0 spiro atoms. The minimum absolute atomic E-state index is 0.116. The molecule has 5 heteroatoms. The summed E-state index contributed by atoms with van der Waals surface area (Å²) >= 11 is 0. The summed E-state index contributed by atoms with van der Waals surface area (Å²) in [7, 11) is 1.45. The van der Waals surface area contributed by atoms with Crippen LogP contribution in [0.3, 0.4) is 0 Å². The molecule has 1 saturated carbocycles. The number of ketones is 1. The van der Waals surface area contributed by atoms with Crippen molar-refractivity contribution in [3.05, 3.63) is 29.2 Å². The molecule has 0 amide bonds. The van der Waals surface area contributed by atoms with Crippen molar-refractivity contribution >= 4 is 11.8 Å². The summed E-state index contributed by atoms with van der Waals surface area (Å²) in [5, 5.41) is 4.02. The Morgan fingerprint density at radius 1 is 1.32 bits per heavy atom. The Labute approximate surface area is 147 Å². The number of ether oxygens (including phenoxy) is 1. The van der Waals surface area contributed by atoms with Gasteiger partial charge in [-0.1, -0.05) is 25.9 Å². The van der Waals surface area contributed by atoms with Crippen LogP contribution in [0, 0.1) is 16.7 Å². The average molecular weight is 343 g/mol. The Bertz CT molecular complexity index is 789. The van der Waals surface area contributed by atoms with Crippen LogP contribution in [-0.4, -0.2) is 24.0 Å². The zero-order chi connectivity index (χ0) is 18.0. The molecule has 0 radical (unpaired) electrons. The van der Waals surface area contributed by atoms with Crippen LogP contribution in [0.1, 0.15) is 57.8 Å². The van der Waals surface area contributed by atoms with Gasteiger partial charge in [0.1, 0.15) is 5.76 Å². The monoisotopic (exact) mass is 343 g/mol. The van der Waals surface area contributed by atoms with Crippen molar-refractivity contribution in [2.75, 3.05) is 7.11 Å². The summed E-state index contributed by atoms with van der Waals surface area (Å²) in [5.74, 6) is 1.16. The van der Waals surface area contributed by atoms with Gasteiger partial charge in [-0.25, -0.2) is 0 Å². The minimum Gasteiger partial charge on any atom is -0.468 e. The van der Waals surface area contributed by atoms with Crippen LogP contribution in [0.5, 0.6) is 0 Å². The highest BCUT2D eigenvalue weighted by molar-refractivity contribution is 5.96. The van der Waals surface area contributed by atoms with Crippen LogP contribution >= 0.6 is 0 Å². The Hall–Kier alpha value is -1.91. The lowest BCUT2D eigenvalue weighted by molar-refractivity contribution is -0.156. The number of carbonyl (C=O) groups is 2. The van der Waals surface area contributed by atoms with E-state index in [-0.39, 0.29) is 28.5 Å². The quantitative estimate of drug-likeness (QED) is 0.731. The van der Waals surface area contributed by atoms with Gasteiger partial charge in [-0.05, 0) is 48.7 Å². The van der Waals surface area contributed by atoms with Gasteiger partial charge in [0.05, 0.1) is 18.7 Å². The summed E-state index contributed by atoms with van der Waals surface area (Å²) < 4.78 is 10.8. The molecule has 3 atom stereocenters. The van der Waals surface area contributed by atoms with Gasteiger partial charge < -0.3 is 9.26 Å². The first-order valence-corrected chi connectivity index (χ1v) is 9.03. The van der Waals surface area contributed by atoms with Crippen molar-refractivity contribution in [2.45, 2.75) is 58.3 Å². The van der Waals surface area contributed by atoms with Crippen LogP contribution in [0.15, 0.2) is 22.4 Å². The first-order valence-electron chi connectivity index (χ1n) is 9.03. The highest BCUT2D eigenvalue weighted by Crippen LogP contribution is 2.65. The number of hydrogen-bond donors (Lipinski definition) is 0. The predicted molar refractivity (Wildman–Crippen MR) is 90.8 cm³/mol. The predicted octanol–water partition coefficient (Wildman–Crippen LogP) is 3.37. The van der Waals surface area contributed by atoms with Crippen LogP contribution in [0.2, 0.25) is 0 Å². The van der Waals surface area contributed by atoms with Gasteiger partial charge >= 0.3 is 5.97 Å². The maximum atomic E-state index is 12.8. The van der Waals surface area contributed by atoms with E-state index in [1.807, 2.05) is 0 Å². The second kappa shape index (κ2) is 5.05. The number of hydrogen-bond acceptors (Lipinski definition) is 5. The molecule has 1 heterocycles. The summed E-state index contributed by atoms with van der Waals surface area (Å²) in [6, 6.07) is 0. The number of allylic oxidation sites excluding steroid dienone is 1. The molecule has 3 aliphatic rings. The van der Waals surface area contributed by atoms with E-state index in [0.717, 1.165) is 36.2 Å². The molecule has 0 bridgehead atoms. The number of carbonyl (C=O) groups excluding carboxylic acids is 2. The Morgan fingerprint density at radius 2 is 2.08 bits per heavy atom. The molecule has 4 rings (SSSR count). The topological polar surface area (TPSA) is 69.4 Å². The fourth-order valence-electron chi connectivity index (χ4n) is 6.07. The van der Waals surface area contributed by atoms with E-state index in [1.54, 1.807) is 12.3 Å². The molecule has 0 aromatic carbocycles. The molecule has 3 aliphatic carbocycles. The molecular formula is C20H25NO4. The normalized spacial score (nSPS) is 35.9. The SMILES string of the molecule is COC(=O)[C@]12CCC(=O)C=C1[C@@]1(C)Cc3cnoc3C(C)(C)[C@@H]1CC2. The highest BCUT2D eigenvalue weighted by atomic mass is 16.5. The minimum atomic E-state index is -0.654. The van der Waals surface area contributed by atoms with Crippen LogP contribution in [-0.2, 0) is 26.2 Å². The summed E-state index contributed by atoms with van der Waals surface area (Å²) in [6.07, 6.45) is 6.90. The zero-order valence-corrected chi connectivity index (χ0v) is 15.3. The molecule has 0 aliphatic heterocycles.